The second-order valence-corrected chi connectivity index (χ2v) is 5.37. The Labute approximate surface area is 114 Å². The second-order valence-electron chi connectivity index (χ2n) is 4.93. The maximum atomic E-state index is 5.98. The van der Waals surface area contributed by atoms with Crippen LogP contribution >= 0.6 is 12.2 Å². The fraction of sp³-hybridized carbons (Fsp3) is 0.571. The van der Waals surface area contributed by atoms with E-state index in [0.29, 0.717) is 17.0 Å². The van der Waals surface area contributed by atoms with E-state index in [1.165, 1.54) is 25.7 Å². The van der Waals surface area contributed by atoms with Crippen molar-refractivity contribution in [3.8, 4) is 5.88 Å². The zero-order valence-electron chi connectivity index (χ0n) is 10.8. The number of hydrogen-bond donors (Lipinski definition) is 1. The summed E-state index contributed by atoms with van der Waals surface area (Å²) in [6.45, 7) is 1.93. The van der Waals surface area contributed by atoms with E-state index in [1.807, 2.05) is 19.1 Å². The zero-order chi connectivity index (χ0) is 13.0. The standard InChI is InChI=1S/C14H20N2OS/c1-10-8-11(14(15)18)9-13(16-10)17-12-6-4-2-3-5-7-12/h8-9,12H,2-7H2,1H3,(H2,15,18). The summed E-state index contributed by atoms with van der Waals surface area (Å²) in [6, 6.07) is 3.74. The van der Waals surface area contributed by atoms with Crippen LogP contribution < -0.4 is 10.5 Å². The number of pyridine rings is 1. The van der Waals surface area contributed by atoms with Crippen LogP contribution in [0.5, 0.6) is 5.88 Å². The Morgan fingerprint density at radius 1 is 1.28 bits per heavy atom. The average molecular weight is 264 g/mol. The highest BCUT2D eigenvalue weighted by Crippen LogP contribution is 2.22. The van der Waals surface area contributed by atoms with Crippen LogP contribution in [0, 0.1) is 6.92 Å². The van der Waals surface area contributed by atoms with Crippen LogP contribution in [-0.4, -0.2) is 16.1 Å². The van der Waals surface area contributed by atoms with E-state index in [4.69, 9.17) is 22.7 Å². The Morgan fingerprint density at radius 3 is 2.56 bits per heavy atom. The summed E-state index contributed by atoms with van der Waals surface area (Å²) in [5, 5.41) is 0. The minimum Gasteiger partial charge on any atom is -0.474 e. The highest BCUT2D eigenvalue weighted by atomic mass is 32.1. The first kappa shape index (κ1) is 13.3. The van der Waals surface area contributed by atoms with Gasteiger partial charge in [-0.3, -0.25) is 0 Å². The van der Waals surface area contributed by atoms with Crippen molar-refractivity contribution in [1.82, 2.24) is 4.98 Å². The third-order valence-corrected chi connectivity index (χ3v) is 3.54. The van der Waals surface area contributed by atoms with Gasteiger partial charge in [-0.2, -0.15) is 0 Å². The monoisotopic (exact) mass is 264 g/mol. The van der Waals surface area contributed by atoms with Gasteiger partial charge in [0.2, 0.25) is 5.88 Å². The largest absolute Gasteiger partial charge is 0.474 e. The molecule has 4 heteroatoms. The molecule has 1 aliphatic carbocycles. The number of rotatable bonds is 3. The molecule has 0 bridgehead atoms. The van der Waals surface area contributed by atoms with Crippen LogP contribution in [0.4, 0.5) is 0 Å². The smallest absolute Gasteiger partial charge is 0.214 e. The van der Waals surface area contributed by atoms with E-state index >= 15 is 0 Å². The number of nitrogens with two attached hydrogens (primary N) is 1. The van der Waals surface area contributed by atoms with E-state index in [2.05, 4.69) is 4.98 Å². The number of nitrogens with zero attached hydrogens (tertiary/aromatic N) is 1. The minimum absolute atomic E-state index is 0.293. The maximum absolute atomic E-state index is 5.98. The Kier molecular flexibility index (Phi) is 4.53. The number of ether oxygens (including phenoxy) is 1. The molecule has 1 aromatic heterocycles. The van der Waals surface area contributed by atoms with Crippen LogP contribution in [0.3, 0.4) is 0 Å². The fourth-order valence-corrected chi connectivity index (χ4v) is 2.49. The van der Waals surface area contributed by atoms with E-state index in [0.717, 1.165) is 24.1 Å². The van der Waals surface area contributed by atoms with Gasteiger partial charge in [-0.05, 0) is 38.7 Å². The molecule has 0 unspecified atom stereocenters. The molecule has 1 aliphatic rings. The van der Waals surface area contributed by atoms with Crippen molar-refractivity contribution in [1.29, 1.82) is 0 Å². The first-order valence-corrected chi connectivity index (χ1v) is 7.01. The summed E-state index contributed by atoms with van der Waals surface area (Å²) in [5.74, 6) is 0.657. The molecular formula is C14H20N2OS. The van der Waals surface area contributed by atoms with Crippen LogP contribution in [0.1, 0.15) is 49.8 Å². The minimum atomic E-state index is 0.293. The summed E-state index contributed by atoms with van der Waals surface area (Å²) in [4.78, 5) is 4.80. The van der Waals surface area contributed by atoms with Crippen molar-refractivity contribution in [2.75, 3.05) is 0 Å². The third kappa shape index (κ3) is 3.67. The van der Waals surface area contributed by atoms with E-state index in [-0.39, 0.29) is 0 Å². The molecule has 1 saturated carbocycles. The molecule has 0 amide bonds. The molecule has 2 N–H and O–H groups in total. The molecule has 2 rings (SSSR count). The SMILES string of the molecule is Cc1cc(C(N)=S)cc(OC2CCCCCC2)n1. The van der Waals surface area contributed by atoms with Gasteiger partial charge in [-0.1, -0.05) is 25.1 Å². The lowest BCUT2D eigenvalue weighted by molar-refractivity contribution is 0.176. The predicted octanol–water partition coefficient (Wildman–Crippen LogP) is 3.13. The highest BCUT2D eigenvalue weighted by molar-refractivity contribution is 7.80. The van der Waals surface area contributed by atoms with E-state index in [9.17, 15) is 0 Å². The second kappa shape index (κ2) is 6.14. The Morgan fingerprint density at radius 2 is 1.94 bits per heavy atom. The van der Waals surface area contributed by atoms with Crippen molar-refractivity contribution < 1.29 is 4.74 Å². The van der Waals surface area contributed by atoms with Crippen LogP contribution in [0.2, 0.25) is 0 Å². The Hall–Kier alpha value is -1.16. The summed E-state index contributed by atoms with van der Waals surface area (Å²) < 4.78 is 5.98. The normalized spacial score (nSPS) is 17.2. The lowest BCUT2D eigenvalue weighted by atomic mass is 10.1. The molecule has 1 heterocycles. The third-order valence-electron chi connectivity index (χ3n) is 3.30. The van der Waals surface area contributed by atoms with Gasteiger partial charge in [0.15, 0.2) is 0 Å². The quantitative estimate of drug-likeness (QED) is 0.673. The molecule has 0 aliphatic heterocycles. The van der Waals surface area contributed by atoms with Gasteiger partial charge >= 0.3 is 0 Å². The van der Waals surface area contributed by atoms with Crippen molar-refractivity contribution >= 4 is 17.2 Å². The van der Waals surface area contributed by atoms with Crippen molar-refractivity contribution in [3.63, 3.8) is 0 Å². The maximum Gasteiger partial charge on any atom is 0.214 e. The predicted molar refractivity (Wildman–Crippen MR) is 77.0 cm³/mol. The summed E-state index contributed by atoms with van der Waals surface area (Å²) >= 11 is 5.00. The molecule has 98 valence electrons. The molecule has 0 atom stereocenters. The molecule has 0 aromatic carbocycles. The molecule has 1 fully saturated rings. The van der Waals surface area contributed by atoms with Crippen molar-refractivity contribution in [2.45, 2.75) is 51.6 Å². The fourth-order valence-electron chi connectivity index (χ4n) is 2.37. The van der Waals surface area contributed by atoms with Crippen molar-refractivity contribution in [3.05, 3.63) is 23.4 Å². The van der Waals surface area contributed by atoms with Gasteiger partial charge in [-0.25, -0.2) is 4.98 Å². The van der Waals surface area contributed by atoms with E-state index in [1.54, 1.807) is 0 Å². The average Bonchev–Trinajstić information content (AvgIpc) is 2.57. The van der Waals surface area contributed by atoms with Gasteiger partial charge in [-0.15, -0.1) is 0 Å². The molecule has 0 saturated heterocycles. The molecule has 3 nitrogen and oxygen atoms in total. The van der Waals surface area contributed by atoms with Gasteiger partial charge in [0, 0.05) is 17.3 Å². The lowest BCUT2D eigenvalue weighted by Crippen LogP contribution is -2.17. The van der Waals surface area contributed by atoms with Crippen LogP contribution in [0.15, 0.2) is 12.1 Å². The zero-order valence-corrected chi connectivity index (χ0v) is 11.6. The Balaban J connectivity index is 2.10. The van der Waals surface area contributed by atoms with Crippen LogP contribution in [0.25, 0.3) is 0 Å². The van der Waals surface area contributed by atoms with E-state index < -0.39 is 0 Å². The summed E-state index contributed by atoms with van der Waals surface area (Å²) in [6.07, 6.45) is 7.67. The Bertz CT molecular complexity index is 426. The first-order chi connectivity index (χ1) is 8.65. The highest BCUT2D eigenvalue weighted by Gasteiger charge is 2.15. The molecule has 0 spiro atoms. The van der Waals surface area contributed by atoms with Crippen LogP contribution in [-0.2, 0) is 0 Å². The molecule has 0 radical (unpaired) electrons. The number of hydrogen-bond acceptors (Lipinski definition) is 3. The summed E-state index contributed by atoms with van der Waals surface area (Å²) in [5.41, 5.74) is 7.38. The molecular weight excluding hydrogens is 244 g/mol. The number of thiocarbonyl (C=S) groups is 1. The van der Waals surface area contributed by atoms with Gasteiger partial charge in [0.25, 0.3) is 0 Å². The molecule has 1 aromatic rings. The first-order valence-electron chi connectivity index (χ1n) is 6.60. The number of aromatic nitrogens is 1. The van der Waals surface area contributed by atoms with Crippen molar-refractivity contribution in [2.24, 2.45) is 5.73 Å². The van der Waals surface area contributed by atoms with Gasteiger partial charge in [0.05, 0.1) is 0 Å². The van der Waals surface area contributed by atoms with Gasteiger partial charge in [0.1, 0.15) is 11.1 Å². The lowest BCUT2D eigenvalue weighted by Gasteiger charge is -2.17. The topological polar surface area (TPSA) is 48.1 Å². The number of aryl methyl sites for hydroxylation is 1. The molecule has 18 heavy (non-hydrogen) atoms. The summed E-state index contributed by atoms with van der Waals surface area (Å²) in [7, 11) is 0. The van der Waals surface area contributed by atoms with Gasteiger partial charge < -0.3 is 10.5 Å².